The third kappa shape index (κ3) is 6.38. The highest BCUT2D eigenvalue weighted by molar-refractivity contribution is 9.09. The average molecular weight is 301 g/mol. The van der Waals surface area contributed by atoms with Gasteiger partial charge >= 0.3 is 0 Å². The van der Waals surface area contributed by atoms with Gasteiger partial charge in [0.15, 0.2) is 8.32 Å². The van der Waals surface area contributed by atoms with Crippen LogP contribution in [-0.4, -0.2) is 19.4 Å². The first-order valence-electron chi connectivity index (χ1n) is 5.40. The van der Waals surface area contributed by atoms with Crippen molar-refractivity contribution in [2.75, 3.05) is 4.95 Å². The van der Waals surface area contributed by atoms with E-state index in [1.807, 2.05) is 0 Å². The standard InChI is InChI=1S/C13H21BrOSi/c1-7-9-13(3,4)10-12(8-2)15-16(5,6)11-14/h1-2,12H,9-11H2,3-6H3. The molecule has 0 heterocycles. The highest BCUT2D eigenvalue weighted by Crippen LogP contribution is 2.28. The van der Waals surface area contributed by atoms with E-state index < -0.39 is 8.32 Å². The molecule has 0 rings (SSSR count). The number of terminal acetylenes is 2. The number of hydrogen-bond acceptors (Lipinski definition) is 1. The van der Waals surface area contributed by atoms with Crippen LogP contribution in [0.3, 0.4) is 0 Å². The van der Waals surface area contributed by atoms with Gasteiger partial charge in [0.05, 0.1) is 0 Å². The smallest absolute Gasteiger partial charge is 0.198 e. The third-order valence-electron chi connectivity index (χ3n) is 2.29. The SMILES string of the molecule is C#CCC(C)(C)CC(C#C)O[Si](C)(C)CBr. The Hall–Kier alpha value is -0.223. The number of rotatable bonds is 6. The molecule has 0 fully saturated rings. The molecular formula is C13H21BrOSi. The van der Waals surface area contributed by atoms with Gasteiger partial charge < -0.3 is 4.43 Å². The molecule has 0 N–H and O–H groups in total. The van der Waals surface area contributed by atoms with E-state index in [2.05, 4.69) is 54.7 Å². The molecule has 0 amide bonds. The summed E-state index contributed by atoms with van der Waals surface area (Å²) in [5.74, 6) is 5.42. The molecule has 90 valence electrons. The Balaban J connectivity index is 4.45. The minimum absolute atomic E-state index is 0.0442. The van der Waals surface area contributed by atoms with Gasteiger partial charge in [-0.25, -0.2) is 0 Å². The van der Waals surface area contributed by atoms with Gasteiger partial charge in [0, 0.05) is 11.4 Å². The van der Waals surface area contributed by atoms with Gasteiger partial charge in [0.25, 0.3) is 0 Å². The second-order valence-electron chi connectivity index (χ2n) is 5.42. The van der Waals surface area contributed by atoms with Crippen molar-refractivity contribution >= 4 is 24.2 Å². The lowest BCUT2D eigenvalue weighted by Crippen LogP contribution is -2.38. The molecule has 0 radical (unpaired) electrons. The van der Waals surface area contributed by atoms with E-state index in [0.717, 1.165) is 17.8 Å². The molecule has 0 saturated carbocycles. The van der Waals surface area contributed by atoms with Crippen molar-refractivity contribution in [2.24, 2.45) is 5.41 Å². The van der Waals surface area contributed by atoms with Crippen LogP contribution in [0.25, 0.3) is 0 Å². The number of hydrogen-bond donors (Lipinski definition) is 0. The van der Waals surface area contributed by atoms with Gasteiger partial charge in [-0.15, -0.1) is 18.8 Å². The van der Waals surface area contributed by atoms with E-state index in [-0.39, 0.29) is 11.5 Å². The Bertz CT molecular complexity index is 296. The summed E-state index contributed by atoms with van der Waals surface area (Å²) in [6.45, 7) is 8.56. The molecule has 0 aromatic heterocycles. The van der Waals surface area contributed by atoms with Crippen LogP contribution < -0.4 is 0 Å². The van der Waals surface area contributed by atoms with Crippen LogP contribution in [0, 0.1) is 30.1 Å². The zero-order chi connectivity index (χ0) is 12.8. The predicted octanol–water partition coefficient (Wildman–Crippen LogP) is 3.58. The van der Waals surface area contributed by atoms with Gasteiger partial charge in [-0.1, -0.05) is 35.7 Å². The summed E-state index contributed by atoms with van der Waals surface area (Å²) in [4.78, 5) is 0.897. The maximum Gasteiger partial charge on any atom is 0.198 e. The average Bonchev–Trinajstić information content (AvgIpc) is 2.16. The quantitative estimate of drug-likeness (QED) is 0.414. The largest absolute Gasteiger partial charge is 0.403 e. The second kappa shape index (κ2) is 6.50. The number of alkyl halides is 1. The maximum atomic E-state index is 6.01. The van der Waals surface area contributed by atoms with Crippen LogP contribution in [0.4, 0.5) is 0 Å². The van der Waals surface area contributed by atoms with Gasteiger partial charge in [0.2, 0.25) is 0 Å². The van der Waals surface area contributed by atoms with Gasteiger partial charge in [-0.3, -0.25) is 0 Å². The highest BCUT2D eigenvalue weighted by Gasteiger charge is 2.28. The zero-order valence-corrected chi connectivity index (χ0v) is 13.2. The van der Waals surface area contributed by atoms with E-state index in [1.165, 1.54) is 0 Å². The molecule has 0 aromatic rings. The Kier molecular flexibility index (Phi) is 6.41. The van der Waals surface area contributed by atoms with Crippen LogP contribution >= 0.6 is 15.9 Å². The first kappa shape index (κ1) is 15.8. The van der Waals surface area contributed by atoms with Gasteiger partial charge in [-0.2, -0.15) is 0 Å². The van der Waals surface area contributed by atoms with E-state index in [1.54, 1.807) is 0 Å². The fraction of sp³-hybridized carbons (Fsp3) is 0.692. The molecule has 1 atom stereocenters. The normalized spacial score (nSPS) is 13.9. The first-order valence-corrected chi connectivity index (χ1v) is 9.63. The van der Waals surface area contributed by atoms with Crippen molar-refractivity contribution in [1.29, 1.82) is 0 Å². The van der Waals surface area contributed by atoms with E-state index in [0.29, 0.717) is 0 Å². The van der Waals surface area contributed by atoms with Crippen molar-refractivity contribution in [3.05, 3.63) is 0 Å². The van der Waals surface area contributed by atoms with Crippen LogP contribution in [0.15, 0.2) is 0 Å². The Morgan fingerprint density at radius 3 is 2.31 bits per heavy atom. The Labute approximate surface area is 110 Å². The summed E-state index contributed by atoms with van der Waals surface area (Å²) in [6.07, 6.45) is 12.3. The first-order chi connectivity index (χ1) is 7.26. The number of halogens is 1. The molecule has 0 bridgehead atoms. The van der Waals surface area contributed by atoms with Crippen molar-refractivity contribution < 1.29 is 4.43 Å². The Morgan fingerprint density at radius 2 is 1.94 bits per heavy atom. The summed E-state index contributed by atoms with van der Waals surface area (Å²) in [6, 6.07) is 0. The van der Waals surface area contributed by atoms with Crippen LogP contribution in [-0.2, 0) is 4.43 Å². The monoisotopic (exact) mass is 300 g/mol. The predicted molar refractivity (Wildman–Crippen MR) is 76.8 cm³/mol. The highest BCUT2D eigenvalue weighted by atomic mass is 79.9. The summed E-state index contributed by atoms with van der Waals surface area (Å²) in [5, 5.41) is 0. The van der Waals surface area contributed by atoms with Crippen molar-refractivity contribution in [3.8, 4) is 24.7 Å². The van der Waals surface area contributed by atoms with E-state index >= 15 is 0 Å². The minimum atomic E-state index is -1.66. The fourth-order valence-corrected chi connectivity index (χ4v) is 2.78. The van der Waals surface area contributed by atoms with E-state index in [4.69, 9.17) is 17.3 Å². The topological polar surface area (TPSA) is 9.23 Å². The summed E-state index contributed by atoms with van der Waals surface area (Å²) in [5.41, 5.74) is 0.0442. The molecule has 0 aliphatic rings. The minimum Gasteiger partial charge on any atom is -0.403 e. The van der Waals surface area contributed by atoms with Gasteiger partial charge in [-0.05, 0) is 24.9 Å². The molecule has 0 aromatic carbocycles. The second-order valence-corrected chi connectivity index (χ2v) is 11.1. The summed E-state index contributed by atoms with van der Waals surface area (Å²) >= 11 is 3.47. The van der Waals surface area contributed by atoms with Crippen molar-refractivity contribution in [3.63, 3.8) is 0 Å². The fourth-order valence-electron chi connectivity index (χ4n) is 1.40. The van der Waals surface area contributed by atoms with Gasteiger partial charge in [0.1, 0.15) is 6.10 Å². The lowest BCUT2D eigenvalue weighted by Gasteiger charge is -2.30. The molecule has 0 saturated heterocycles. The molecule has 1 nitrogen and oxygen atoms in total. The zero-order valence-electron chi connectivity index (χ0n) is 10.6. The maximum absolute atomic E-state index is 6.01. The van der Waals surface area contributed by atoms with Crippen LogP contribution in [0.1, 0.15) is 26.7 Å². The summed E-state index contributed by atoms with van der Waals surface area (Å²) < 4.78 is 6.01. The Morgan fingerprint density at radius 1 is 1.38 bits per heavy atom. The molecule has 3 heteroatoms. The molecule has 0 aliphatic carbocycles. The molecule has 0 spiro atoms. The third-order valence-corrected chi connectivity index (χ3v) is 7.90. The van der Waals surface area contributed by atoms with Crippen LogP contribution in [0.5, 0.6) is 0 Å². The molecule has 0 aliphatic heterocycles. The van der Waals surface area contributed by atoms with Crippen LogP contribution in [0.2, 0.25) is 13.1 Å². The molecular weight excluding hydrogens is 280 g/mol. The molecule has 16 heavy (non-hydrogen) atoms. The lowest BCUT2D eigenvalue weighted by molar-refractivity contribution is 0.177. The van der Waals surface area contributed by atoms with E-state index in [9.17, 15) is 0 Å². The summed E-state index contributed by atoms with van der Waals surface area (Å²) in [7, 11) is -1.66. The van der Waals surface area contributed by atoms with Crippen molar-refractivity contribution in [2.45, 2.75) is 45.9 Å². The molecule has 1 unspecified atom stereocenters. The van der Waals surface area contributed by atoms with Crippen molar-refractivity contribution in [1.82, 2.24) is 0 Å². The lowest BCUT2D eigenvalue weighted by atomic mass is 9.84.